The summed E-state index contributed by atoms with van der Waals surface area (Å²) in [7, 11) is 0. The van der Waals surface area contributed by atoms with Crippen LogP contribution in [0, 0.1) is 5.82 Å². The zero-order chi connectivity index (χ0) is 15.5. The molecular weight excluding hydrogens is 301 g/mol. The Kier molecular flexibility index (Phi) is 3.89. The predicted molar refractivity (Wildman–Crippen MR) is 86.4 cm³/mol. The van der Waals surface area contributed by atoms with Gasteiger partial charge in [-0.2, -0.15) is 0 Å². The van der Waals surface area contributed by atoms with Crippen LogP contribution in [0.25, 0.3) is 10.4 Å². The Bertz CT molecular complexity index is 815. The first-order valence-corrected chi connectivity index (χ1v) is 7.46. The van der Waals surface area contributed by atoms with Gasteiger partial charge in [0.15, 0.2) is 0 Å². The smallest absolute Gasteiger partial charge is 0.337 e. The minimum Gasteiger partial charge on any atom is -0.478 e. The molecule has 0 amide bonds. The molecule has 0 unspecified atom stereocenters. The van der Waals surface area contributed by atoms with Gasteiger partial charge in [-0.15, -0.1) is 11.3 Å². The molecule has 0 spiro atoms. The molecule has 0 radical (unpaired) electrons. The molecule has 0 aliphatic carbocycles. The van der Waals surface area contributed by atoms with Crippen molar-refractivity contribution in [1.82, 2.24) is 0 Å². The van der Waals surface area contributed by atoms with Crippen LogP contribution in [0.1, 0.15) is 10.4 Å². The number of benzene rings is 2. The molecule has 0 atom stereocenters. The average molecular weight is 313 g/mol. The normalized spacial score (nSPS) is 10.4. The van der Waals surface area contributed by atoms with Crippen molar-refractivity contribution in [3.63, 3.8) is 0 Å². The van der Waals surface area contributed by atoms with Crippen molar-refractivity contribution < 1.29 is 14.3 Å². The third-order valence-corrected chi connectivity index (χ3v) is 4.10. The number of carboxylic acid groups (broad SMARTS) is 1. The Morgan fingerprint density at radius 3 is 2.59 bits per heavy atom. The van der Waals surface area contributed by atoms with Crippen molar-refractivity contribution in [1.29, 1.82) is 0 Å². The molecule has 3 nitrogen and oxygen atoms in total. The van der Waals surface area contributed by atoms with Crippen LogP contribution in [0.3, 0.4) is 0 Å². The second-order valence-electron chi connectivity index (χ2n) is 4.64. The van der Waals surface area contributed by atoms with Gasteiger partial charge in [0.25, 0.3) is 0 Å². The van der Waals surface area contributed by atoms with Crippen molar-refractivity contribution in [2.24, 2.45) is 0 Å². The van der Waals surface area contributed by atoms with Gasteiger partial charge in [-0.1, -0.05) is 24.3 Å². The Hall–Kier alpha value is -2.66. The number of nitrogens with one attached hydrogen (secondary N) is 1. The summed E-state index contributed by atoms with van der Waals surface area (Å²) >= 11 is 1.58. The minimum absolute atomic E-state index is 0.0300. The van der Waals surface area contributed by atoms with Gasteiger partial charge >= 0.3 is 5.97 Å². The fourth-order valence-electron chi connectivity index (χ4n) is 2.19. The fraction of sp³-hybridized carbons (Fsp3) is 0. The molecule has 0 bridgehead atoms. The third kappa shape index (κ3) is 2.84. The van der Waals surface area contributed by atoms with E-state index in [9.17, 15) is 14.3 Å². The monoisotopic (exact) mass is 313 g/mol. The summed E-state index contributed by atoms with van der Waals surface area (Å²) < 4.78 is 13.5. The highest BCUT2D eigenvalue weighted by Crippen LogP contribution is 2.34. The molecule has 2 aromatic carbocycles. The quantitative estimate of drug-likeness (QED) is 0.713. The lowest BCUT2D eigenvalue weighted by molar-refractivity contribution is 0.0698. The van der Waals surface area contributed by atoms with Gasteiger partial charge in [-0.25, -0.2) is 9.18 Å². The number of hydrogen-bond donors (Lipinski definition) is 2. The Morgan fingerprint density at radius 2 is 1.86 bits per heavy atom. The van der Waals surface area contributed by atoms with Gasteiger partial charge in [0.05, 0.1) is 11.3 Å². The van der Waals surface area contributed by atoms with Gasteiger partial charge in [0.2, 0.25) is 0 Å². The van der Waals surface area contributed by atoms with Gasteiger partial charge in [0.1, 0.15) is 5.82 Å². The maximum Gasteiger partial charge on any atom is 0.337 e. The van der Waals surface area contributed by atoms with Crippen molar-refractivity contribution >= 4 is 28.7 Å². The molecule has 0 aliphatic rings. The van der Waals surface area contributed by atoms with E-state index in [0.29, 0.717) is 0 Å². The van der Waals surface area contributed by atoms with Crippen molar-refractivity contribution in [2.45, 2.75) is 0 Å². The molecule has 3 rings (SSSR count). The number of rotatable bonds is 4. The van der Waals surface area contributed by atoms with E-state index in [1.54, 1.807) is 11.3 Å². The molecule has 1 aromatic heterocycles. The lowest BCUT2D eigenvalue weighted by Gasteiger charge is -2.13. The van der Waals surface area contributed by atoms with Crippen LogP contribution < -0.4 is 5.32 Å². The highest BCUT2D eigenvalue weighted by molar-refractivity contribution is 7.13. The predicted octanol–water partition coefficient (Wildman–Crippen LogP) is 5.00. The van der Waals surface area contributed by atoms with E-state index in [4.69, 9.17) is 0 Å². The summed E-state index contributed by atoms with van der Waals surface area (Å²) in [4.78, 5) is 12.3. The summed E-state index contributed by atoms with van der Waals surface area (Å²) in [6.07, 6.45) is 0. The lowest BCUT2D eigenvalue weighted by atomic mass is 10.1. The van der Waals surface area contributed by atoms with Crippen LogP contribution >= 0.6 is 11.3 Å². The van der Waals surface area contributed by atoms with Crippen LogP contribution in [-0.2, 0) is 0 Å². The number of carboxylic acids is 1. The lowest BCUT2D eigenvalue weighted by Crippen LogP contribution is -2.03. The van der Waals surface area contributed by atoms with Crippen molar-refractivity contribution in [2.75, 3.05) is 5.32 Å². The summed E-state index contributed by atoms with van der Waals surface area (Å²) in [5, 5.41) is 14.2. The Balaban J connectivity index is 2.05. The maximum atomic E-state index is 13.5. The van der Waals surface area contributed by atoms with Gasteiger partial charge < -0.3 is 10.4 Å². The first-order valence-electron chi connectivity index (χ1n) is 6.58. The molecule has 110 valence electrons. The van der Waals surface area contributed by atoms with Crippen LogP contribution in [0.5, 0.6) is 0 Å². The number of para-hydroxylation sites is 1. The standard InChI is InChI=1S/C17H12FNO2S/c18-11-7-8-13(17(20)21)15(10-11)19-14-5-2-1-4-12(14)16-6-3-9-22-16/h1-10,19H,(H,20,21). The third-order valence-electron chi connectivity index (χ3n) is 3.20. The largest absolute Gasteiger partial charge is 0.478 e. The highest BCUT2D eigenvalue weighted by atomic mass is 32.1. The van der Waals surface area contributed by atoms with Crippen LogP contribution in [0.4, 0.5) is 15.8 Å². The first-order chi connectivity index (χ1) is 10.6. The SMILES string of the molecule is O=C(O)c1ccc(F)cc1Nc1ccccc1-c1cccs1. The zero-order valence-corrected chi connectivity index (χ0v) is 12.2. The van der Waals surface area contributed by atoms with E-state index >= 15 is 0 Å². The molecule has 0 fully saturated rings. The number of carbonyl (C=O) groups is 1. The molecule has 1 heterocycles. The molecule has 5 heteroatoms. The number of aromatic carboxylic acids is 1. The second-order valence-corrected chi connectivity index (χ2v) is 5.59. The van der Waals surface area contributed by atoms with E-state index in [-0.39, 0.29) is 11.3 Å². The number of hydrogen-bond acceptors (Lipinski definition) is 3. The molecule has 22 heavy (non-hydrogen) atoms. The van der Waals surface area contributed by atoms with Crippen LogP contribution in [-0.4, -0.2) is 11.1 Å². The van der Waals surface area contributed by atoms with Crippen LogP contribution in [0.15, 0.2) is 60.0 Å². The van der Waals surface area contributed by atoms with Gasteiger partial charge in [-0.3, -0.25) is 0 Å². The van der Waals surface area contributed by atoms with Crippen molar-refractivity contribution in [3.8, 4) is 10.4 Å². The molecule has 2 N–H and O–H groups in total. The molecule has 0 saturated heterocycles. The Labute approximate surface area is 130 Å². The summed E-state index contributed by atoms with van der Waals surface area (Å²) in [6, 6.07) is 15.0. The Morgan fingerprint density at radius 1 is 1.05 bits per heavy atom. The maximum absolute atomic E-state index is 13.5. The van der Waals surface area contributed by atoms with E-state index in [0.717, 1.165) is 22.2 Å². The fourth-order valence-corrected chi connectivity index (χ4v) is 2.96. The van der Waals surface area contributed by atoms with E-state index in [1.807, 2.05) is 41.8 Å². The summed E-state index contributed by atoms with van der Waals surface area (Å²) in [5.41, 5.74) is 1.94. The summed E-state index contributed by atoms with van der Waals surface area (Å²) in [5.74, 6) is -1.59. The topological polar surface area (TPSA) is 49.3 Å². The van der Waals surface area contributed by atoms with E-state index < -0.39 is 11.8 Å². The number of halogens is 1. The zero-order valence-electron chi connectivity index (χ0n) is 11.4. The number of thiophene rings is 1. The molecule has 3 aromatic rings. The van der Waals surface area contributed by atoms with E-state index in [2.05, 4.69) is 5.32 Å². The van der Waals surface area contributed by atoms with Crippen molar-refractivity contribution in [3.05, 3.63) is 71.4 Å². The van der Waals surface area contributed by atoms with Gasteiger partial charge in [0, 0.05) is 16.1 Å². The minimum atomic E-state index is -1.10. The second kappa shape index (κ2) is 5.99. The highest BCUT2D eigenvalue weighted by Gasteiger charge is 2.13. The molecule has 0 saturated carbocycles. The average Bonchev–Trinajstić information content (AvgIpc) is 3.01. The summed E-state index contributed by atoms with van der Waals surface area (Å²) in [6.45, 7) is 0. The molecular formula is C17H12FNO2S. The van der Waals surface area contributed by atoms with E-state index in [1.165, 1.54) is 12.1 Å². The number of anilines is 2. The molecule has 0 aliphatic heterocycles. The van der Waals surface area contributed by atoms with Gasteiger partial charge in [-0.05, 0) is 35.7 Å². The van der Waals surface area contributed by atoms with Crippen LogP contribution in [0.2, 0.25) is 0 Å². The first kappa shape index (κ1) is 14.3.